The molecule has 0 bridgehead atoms. The van der Waals surface area contributed by atoms with Gasteiger partial charge in [0.05, 0.1) is 5.69 Å². The Bertz CT molecular complexity index is 1130. The van der Waals surface area contributed by atoms with Crippen LogP contribution in [0.4, 0.5) is 5.69 Å². The smallest absolute Gasteiger partial charge is 0.254 e. The first-order chi connectivity index (χ1) is 16.2. The molecule has 33 heavy (non-hydrogen) atoms. The zero-order chi connectivity index (χ0) is 22.4. The maximum absolute atomic E-state index is 13.5. The quantitative estimate of drug-likeness (QED) is 0.665. The topological polar surface area (TPSA) is 53.0 Å². The van der Waals surface area contributed by atoms with Gasteiger partial charge in [0.2, 0.25) is 0 Å². The van der Waals surface area contributed by atoms with E-state index in [-0.39, 0.29) is 17.9 Å². The highest BCUT2D eigenvalue weighted by molar-refractivity contribution is 5.96. The van der Waals surface area contributed by atoms with Gasteiger partial charge in [0, 0.05) is 55.4 Å². The number of hydrogen-bond donors (Lipinski definition) is 0. The van der Waals surface area contributed by atoms with E-state index in [1.807, 2.05) is 35.4 Å². The molecule has 0 saturated carbocycles. The molecule has 0 N–H and O–H groups in total. The summed E-state index contributed by atoms with van der Waals surface area (Å²) in [5, 5.41) is 0. The largest absolute Gasteiger partial charge is 0.339 e. The van der Waals surface area contributed by atoms with Crippen LogP contribution in [0, 0.1) is 0 Å². The highest BCUT2D eigenvalue weighted by Gasteiger charge is 2.39. The maximum atomic E-state index is 13.5. The molecule has 2 atom stereocenters. The van der Waals surface area contributed by atoms with Crippen LogP contribution < -0.4 is 0 Å². The van der Waals surface area contributed by atoms with Crippen LogP contribution in [-0.4, -0.2) is 53.5 Å². The molecule has 3 heterocycles. The number of fused-ring (bicyclic) bond motifs is 4. The van der Waals surface area contributed by atoms with Gasteiger partial charge in [-0.15, -0.1) is 0 Å². The predicted octanol–water partition coefficient (Wildman–Crippen LogP) is 4.91. The van der Waals surface area contributed by atoms with Crippen LogP contribution in [0.2, 0.25) is 0 Å². The summed E-state index contributed by atoms with van der Waals surface area (Å²) < 4.78 is 0. The molecule has 5 heteroatoms. The molecule has 2 aromatic rings. The second kappa shape index (κ2) is 8.44. The molecule has 3 aliphatic heterocycles. The fourth-order valence-electron chi connectivity index (χ4n) is 6.33. The van der Waals surface area contributed by atoms with Gasteiger partial charge >= 0.3 is 0 Å². The number of aryl methyl sites for hydroxylation is 1. The highest BCUT2D eigenvalue weighted by Crippen LogP contribution is 2.42. The first-order valence-corrected chi connectivity index (χ1v) is 12.6. The van der Waals surface area contributed by atoms with E-state index >= 15 is 0 Å². The SMILES string of the molecule is O=C(c1ccc2c(c1)CC[C@H]1C2CCCN1C(=O)c1ccc2c(c1)N=CC2)N1CCCCC1. The van der Waals surface area contributed by atoms with Gasteiger partial charge in [-0.3, -0.25) is 14.6 Å². The van der Waals surface area contributed by atoms with Crippen molar-refractivity contribution < 1.29 is 9.59 Å². The van der Waals surface area contributed by atoms with Crippen LogP contribution in [0.3, 0.4) is 0 Å². The lowest BCUT2D eigenvalue weighted by molar-refractivity contribution is 0.0547. The number of benzene rings is 2. The number of carbonyl (C=O) groups is 2. The second-order valence-electron chi connectivity index (χ2n) is 9.98. The van der Waals surface area contributed by atoms with Crippen molar-refractivity contribution >= 4 is 23.7 Å². The average Bonchev–Trinajstić information content (AvgIpc) is 3.35. The van der Waals surface area contributed by atoms with Gasteiger partial charge < -0.3 is 9.80 Å². The number of piperidine rings is 2. The molecule has 4 aliphatic rings. The van der Waals surface area contributed by atoms with Crippen molar-refractivity contribution in [2.75, 3.05) is 19.6 Å². The molecule has 1 aliphatic carbocycles. The number of hydrogen-bond acceptors (Lipinski definition) is 3. The van der Waals surface area contributed by atoms with Crippen LogP contribution >= 0.6 is 0 Å². The first kappa shape index (κ1) is 20.6. The van der Waals surface area contributed by atoms with Gasteiger partial charge in [0.15, 0.2) is 0 Å². The Kier molecular flexibility index (Phi) is 5.28. The summed E-state index contributed by atoms with van der Waals surface area (Å²) in [5.41, 5.74) is 6.37. The van der Waals surface area contributed by atoms with E-state index in [4.69, 9.17) is 0 Å². The van der Waals surface area contributed by atoms with Gasteiger partial charge in [-0.05, 0) is 85.9 Å². The average molecular weight is 442 g/mol. The van der Waals surface area contributed by atoms with E-state index in [0.29, 0.717) is 5.92 Å². The number of nitrogens with zero attached hydrogens (tertiary/aromatic N) is 3. The predicted molar refractivity (Wildman–Crippen MR) is 130 cm³/mol. The molecule has 170 valence electrons. The van der Waals surface area contributed by atoms with E-state index in [1.165, 1.54) is 23.1 Å². The molecule has 2 fully saturated rings. The van der Waals surface area contributed by atoms with Crippen LogP contribution in [0.25, 0.3) is 0 Å². The van der Waals surface area contributed by atoms with Crippen molar-refractivity contribution in [1.82, 2.24) is 9.80 Å². The van der Waals surface area contributed by atoms with Gasteiger partial charge in [-0.1, -0.05) is 12.1 Å². The molecule has 2 saturated heterocycles. The molecule has 5 nitrogen and oxygen atoms in total. The maximum Gasteiger partial charge on any atom is 0.254 e. The third kappa shape index (κ3) is 3.68. The van der Waals surface area contributed by atoms with Crippen LogP contribution in [-0.2, 0) is 12.8 Å². The summed E-state index contributed by atoms with van der Waals surface area (Å²) in [4.78, 5) is 35.1. The Labute approximate surface area is 195 Å². The molecule has 0 spiro atoms. The number of likely N-dealkylation sites (tertiary alicyclic amines) is 2. The molecule has 2 aromatic carbocycles. The third-order valence-electron chi connectivity index (χ3n) is 8.06. The molecule has 0 radical (unpaired) electrons. The minimum Gasteiger partial charge on any atom is -0.339 e. The van der Waals surface area contributed by atoms with Crippen LogP contribution in [0.15, 0.2) is 41.4 Å². The van der Waals surface area contributed by atoms with E-state index < -0.39 is 0 Å². The van der Waals surface area contributed by atoms with E-state index in [1.54, 1.807) is 0 Å². The number of amides is 2. The summed E-state index contributed by atoms with van der Waals surface area (Å²) in [6.07, 6.45) is 10.2. The second-order valence-corrected chi connectivity index (χ2v) is 9.98. The number of carbonyl (C=O) groups excluding carboxylic acids is 2. The monoisotopic (exact) mass is 441 g/mol. The van der Waals surface area contributed by atoms with Gasteiger partial charge in [0.1, 0.15) is 0 Å². The Morgan fingerprint density at radius 1 is 0.818 bits per heavy atom. The van der Waals surface area contributed by atoms with Crippen molar-refractivity contribution in [3.8, 4) is 0 Å². The number of rotatable bonds is 2. The van der Waals surface area contributed by atoms with E-state index in [0.717, 1.165) is 81.4 Å². The lowest BCUT2D eigenvalue weighted by Gasteiger charge is -2.45. The summed E-state index contributed by atoms with van der Waals surface area (Å²) in [6, 6.07) is 12.6. The highest BCUT2D eigenvalue weighted by atomic mass is 16.2. The zero-order valence-electron chi connectivity index (χ0n) is 19.1. The summed E-state index contributed by atoms with van der Waals surface area (Å²) >= 11 is 0. The first-order valence-electron chi connectivity index (χ1n) is 12.6. The lowest BCUT2D eigenvalue weighted by Crippen LogP contribution is -2.49. The van der Waals surface area contributed by atoms with E-state index in [9.17, 15) is 9.59 Å². The molecule has 6 rings (SSSR count). The molecule has 2 amide bonds. The van der Waals surface area contributed by atoms with Crippen molar-refractivity contribution in [3.05, 3.63) is 64.2 Å². The minimum absolute atomic E-state index is 0.134. The molecular formula is C28H31N3O2. The summed E-state index contributed by atoms with van der Waals surface area (Å²) in [6.45, 7) is 2.58. The fraction of sp³-hybridized carbons (Fsp3) is 0.464. The van der Waals surface area contributed by atoms with Gasteiger partial charge in [-0.25, -0.2) is 0 Å². The molecular weight excluding hydrogens is 410 g/mol. The standard InChI is InChI=1S/C28H31N3O2/c32-27(30-14-2-1-3-15-30)21-8-10-23-20(17-21)9-11-26-24(23)5-4-16-31(26)28(33)22-7-6-19-12-13-29-25(19)18-22/h6-8,10,13,17-18,24,26H,1-5,9,11-12,14-16H2/t24?,26-/m0/s1. The molecule has 0 aromatic heterocycles. The lowest BCUT2D eigenvalue weighted by atomic mass is 9.73. The Morgan fingerprint density at radius 2 is 1.64 bits per heavy atom. The van der Waals surface area contributed by atoms with Crippen LogP contribution in [0.1, 0.15) is 81.8 Å². The summed E-state index contributed by atoms with van der Waals surface area (Å²) in [7, 11) is 0. The third-order valence-corrected chi connectivity index (χ3v) is 8.06. The van der Waals surface area contributed by atoms with Crippen molar-refractivity contribution in [2.45, 2.75) is 63.3 Å². The Hall–Kier alpha value is -2.95. The number of aliphatic imine (C=N–C) groups is 1. The summed E-state index contributed by atoms with van der Waals surface area (Å²) in [5.74, 6) is 0.673. The van der Waals surface area contributed by atoms with Crippen LogP contribution in [0.5, 0.6) is 0 Å². The molecule has 1 unspecified atom stereocenters. The van der Waals surface area contributed by atoms with Crippen molar-refractivity contribution in [2.24, 2.45) is 4.99 Å². The van der Waals surface area contributed by atoms with Gasteiger partial charge in [-0.2, -0.15) is 0 Å². The fourth-order valence-corrected chi connectivity index (χ4v) is 6.33. The minimum atomic E-state index is 0.134. The Balaban J connectivity index is 1.23. The van der Waals surface area contributed by atoms with Crippen molar-refractivity contribution in [3.63, 3.8) is 0 Å². The zero-order valence-corrected chi connectivity index (χ0v) is 19.1. The van der Waals surface area contributed by atoms with Gasteiger partial charge in [0.25, 0.3) is 11.8 Å². The normalized spacial score (nSPS) is 23.6. The van der Waals surface area contributed by atoms with Crippen molar-refractivity contribution in [1.29, 1.82) is 0 Å². The Morgan fingerprint density at radius 3 is 2.52 bits per heavy atom. The van der Waals surface area contributed by atoms with E-state index in [2.05, 4.69) is 22.0 Å².